The van der Waals surface area contributed by atoms with E-state index in [1.807, 2.05) is 18.2 Å². The van der Waals surface area contributed by atoms with E-state index in [0.717, 1.165) is 11.1 Å². The molecule has 3 aromatic rings. The highest BCUT2D eigenvalue weighted by Gasteiger charge is 2.25. The van der Waals surface area contributed by atoms with Crippen molar-refractivity contribution in [3.8, 4) is 22.6 Å². The molecule has 0 fully saturated rings. The number of H-pyrrole nitrogens is 1. The fraction of sp³-hybridized carbons (Fsp3) is 0.167. The maximum absolute atomic E-state index is 12.7. The third-order valence-corrected chi connectivity index (χ3v) is 4.50. The van der Waals surface area contributed by atoms with Gasteiger partial charge in [-0.1, -0.05) is 23.7 Å². The fourth-order valence-electron chi connectivity index (χ4n) is 3.03. The number of aromatic nitrogens is 3. The van der Waals surface area contributed by atoms with E-state index < -0.39 is 0 Å². The third kappa shape index (κ3) is 3.39. The average Bonchev–Trinajstić information content (AvgIpc) is 2.96. The van der Waals surface area contributed by atoms with Crippen LogP contribution in [0, 0.1) is 0 Å². The molecule has 4 N–H and O–H groups in total. The van der Waals surface area contributed by atoms with E-state index in [1.165, 1.54) is 0 Å². The molecule has 2 aromatic carbocycles. The van der Waals surface area contributed by atoms with Gasteiger partial charge in [-0.15, -0.1) is 5.10 Å². The van der Waals surface area contributed by atoms with Crippen LogP contribution in [0.25, 0.3) is 11.1 Å². The number of nitrogens with two attached hydrogens (primary N) is 1. The van der Waals surface area contributed by atoms with E-state index in [2.05, 4.69) is 15.2 Å². The molecule has 2 heterocycles. The molecule has 4 rings (SSSR count). The largest absolute Gasteiger partial charge is 0.504 e. The van der Waals surface area contributed by atoms with Gasteiger partial charge in [-0.05, 0) is 35.4 Å². The van der Waals surface area contributed by atoms with Gasteiger partial charge in [0.05, 0.1) is 13.1 Å². The molecule has 0 bridgehead atoms. The van der Waals surface area contributed by atoms with Crippen molar-refractivity contribution in [3.05, 3.63) is 52.8 Å². The number of aromatic amines is 1. The van der Waals surface area contributed by atoms with Crippen LogP contribution in [0.15, 0.2) is 36.4 Å². The van der Waals surface area contributed by atoms with Gasteiger partial charge in [-0.3, -0.25) is 9.89 Å². The van der Waals surface area contributed by atoms with E-state index >= 15 is 0 Å². The average molecular weight is 386 g/mol. The minimum absolute atomic E-state index is 0.00529. The standard InChI is InChI=1S/C18H16ClN5O3/c19-13-3-1-2-10(7-13)11-6-12-9-24(4-5-27-15(12)14(25)8-11)17(26)16-21-18(20)23-22-16/h1-3,6-8,25H,4-5,9H2,(H3,20,21,22,23). The molecule has 0 atom stereocenters. The second-order valence-electron chi connectivity index (χ2n) is 6.11. The molecule has 0 unspecified atom stereocenters. The molecule has 27 heavy (non-hydrogen) atoms. The van der Waals surface area contributed by atoms with Gasteiger partial charge in [-0.2, -0.15) is 4.98 Å². The molecule has 0 spiro atoms. The quantitative estimate of drug-likeness (QED) is 0.623. The Bertz CT molecular complexity index is 1020. The molecule has 1 aliphatic rings. The number of ether oxygens (including phenoxy) is 1. The van der Waals surface area contributed by atoms with Gasteiger partial charge in [-0.25, -0.2) is 0 Å². The number of nitrogens with one attached hydrogen (secondary N) is 1. The first-order chi connectivity index (χ1) is 13.0. The lowest BCUT2D eigenvalue weighted by Crippen LogP contribution is -2.33. The Kier molecular flexibility index (Phi) is 4.33. The number of phenols is 1. The Morgan fingerprint density at radius 2 is 2.15 bits per heavy atom. The molecule has 9 heteroatoms. The number of nitrogens with zero attached hydrogens (tertiary/aromatic N) is 3. The first-order valence-corrected chi connectivity index (χ1v) is 8.61. The summed E-state index contributed by atoms with van der Waals surface area (Å²) in [5, 5.41) is 17.2. The fourth-order valence-corrected chi connectivity index (χ4v) is 3.22. The highest BCUT2D eigenvalue weighted by molar-refractivity contribution is 6.30. The van der Waals surface area contributed by atoms with Crippen molar-refractivity contribution in [2.24, 2.45) is 0 Å². The topological polar surface area (TPSA) is 117 Å². The number of carbonyl (C=O) groups is 1. The predicted molar refractivity (Wildman–Crippen MR) is 99.6 cm³/mol. The zero-order chi connectivity index (χ0) is 19.0. The van der Waals surface area contributed by atoms with Crippen molar-refractivity contribution < 1.29 is 14.6 Å². The second-order valence-corrected chi connectivity index (χ2v) is 6.55. The van der Waals surface area contributed by atoms with Crippen molar-refractivity contribution in [3.63, 3.8) is 0 Å². The van der Waals surface area contributed by atoms with Crippen LogP contribution < -0.4 is 10.5 Å². The van der Waals surface area contributed by atoms with E-state index in [-0.39, 0.29) is 36.6 Å². The van der Waals surface area contributed by atoms with E-state index in [9.17, 15) is 9.90 Å². The lowest BCUT2D eigenvalue weighted by molar-refractivity contribution is 0.0721. The van der Waals surface area contributed by atoms with E-state index in [0.29, 0.717) is 22.9 Å². The van der Waals surface area contributed by atoms with Gasteiger partial charge in [0.15, 0.2) is 11.5 Å². The van der Waals surface area contributed by atoms with E-state index in [1.54, 1.807) is 23.1 Å². The first kappa shape index (κ1) is 17.2. The minimum Gasteiger partial charge on any atom is -0.504 e. The lowest BCUT2D eigenvalue weighted by Gasteiger charge is -2.18. The third-order valence-electron chi connectivity index (χ3n) is 4.27. The molecule has 1 aliphatic heterocycles. The van der Waals surface area contributed by atoms with Crippen LogP contribution in [0.4, 0.5) is 5.95 Å². The zero-order valence-corrected chi connectivity index (χ0v) is 14.9. The van der Waals surface area contributed by atoms with Gasteiger partial charge >= 0.3 is 0 Å². The summed E-state index contributed by atoms with van der Waals surface area (Å²) in [6.45, 7) is 0.823. The molecule has 1 aromatic heterocycles. The number of fused-ring (bicyclic) bond motifs is 1. The number of carbonyl (C=O) groups excluding carboxylic acids is 1. The molecule has 0 radical (unpaired) electrons. The summed E-state index contributed by atoms with van der Waals surface area (Å²) < 4.78 is 5.67. The van der Waals surface area contributed by atoms with Crippen molar-refractivity contribution >= 4 is 23.5 Å². The predicted octanol–water partition coefficient (Wildman–Crippen LogP) is 2.45. The van der Waals surface area contributed by atoms with Gasteiger partial charge in [0, 0.05) is 10.6 Å². The van der Waals surface area contributed by atoms with Crippen LogP contribution in [-0.4, -0.2) is 44.2 Å². The summed E-state index contributed by atoms with van der Waals surface area (Å²) in [6.07, 6.45) is 0. The Balaban J connectivity index is 1.69. The Morgan fingerprint density at radius 1 is 1.30 bits per heavy atom. The molecule has 0 saturated heterocycles. The van der Waals surface area contributed by atoms with E-state index in [4.69, 9.17) is 22.1 Å². The van der Waals surface area contributed by atoms with Crippen LogP contribution in [0.1, 0.15) is 16.2 Å². The number of phenolic OH excluding ortho intramolecular Hbond substituents is 1. The summed E-state index contributed by atoms with van der Waals surface area (Å²) in [5.74, 6) is 0.106. The normalized spacial score (nSPS) is 13.6. The molecule has 8 nitrogen and oxygen atoms in total. The number of hydrogen-bond donors (Lipinski definition) is 3. The zero-order valence-electron chi connectivity index (χ0n) is 14.1. The Morgan fingerprint density at radius 3 is 2.89 bits per heavy atom. The Hall–Kier alpha value is -3.26. The summed E-state index contributed by atoms with van der Waals surface area (Å²) in [4.78, 5) is 18.1. The number of aromatic hydroxyl groups is 1. The van der Waals surface area contributed by atoms with Crippen molar-refractivity contribution in [2.75, 3.05) is 18.9 Å². The Labute approximate surface area is 159 Å². The molecular formula is C18H16ClN5O3. The van der Waals surface area contributed by atoms with Crippen molar-refractivity contribution in [1.82, 2.24) is 20.1 Å². The number of amides is 1. The number of rotatable bonds is 2. The molecule has 138 valence electrons. The van der Waals surface area contributed by atoms with Crippen molar-refractivity contribution in [1.29, 1.82) is 0 Å². The number of benzene rings is 2. The maximum Gasteiger partial charge on any atom is 0.291 e. The number of nitrogen functional groups attached to an aromatic ring is 1. The molecule has 0 aliphatic carbocycles. The first-order valence-electron chi connectivity index (χ1n) is 8.23. The minimum atomic E-state index is -0.344. The molecule has 1 amide bonds. The van der Waals surface area contributed by atoms with Gasteiger partial charge in [0.2, 0.25) is 11.8 Å². The van der Waals surface area contributed by atoms with Crippen LogP contribution in [0.3, 0.4) is 0 Å². The summed E-state index contributed by atoms with van der Waals surface area (Å²) in [5.41, 5.74) is 7.79. The molecular weight excluding hydrogens is 370 g/mol. The van der Waals surface area contributed by atoms with Crippen LogP contribution in [-0.2, 0) is 6.54 Å². The van der Waals surface area contributed by atoms with Crippen LogP contribution in [0.2, 0.25) is 5.02 Å². The monoisotopic (exact) mass is 385 g/mol. The summed E-state index contributed by atoms with van der Waals surface area (Å²) >= 11 is 6.07. The highest BCUT2D eigenvalue weighted by atomic mass is 35.5. The molecule has 0 saturated carbocycles. The van der Waals surface area contributed by atoms with Crippen LogP contribution >= 0.6 is 11.6 Å². The maximum atomic E-state index is 12.7. The highest BCUT2D eigenvalue weighted by Crippen LogP contribution is 2.38. The number of hydrogen-bond acceptors (Lipinski definition) is 6. The smallest absolute Gasteiger partial charge is 0.291 e. The number of halogens is 1. The summed E-state index contributed by atoms with van der Waals surface area (Å²) in [7, 11) is 0. The lowest BCUT2D eigenvalue weighted by atomic mass is 10.0. The number of anilines is 1. The SMILES string of the molecule is Nc1n[nH]c(C(=O)N2CCOc3c(O)cc(-c4cccc(Cl)c4)cc3C2)n1. The summed E-state index contributed by atoms with van der Waals surface area (Å²) in [6, 6.07) is 10.8. The van der Waals surface area contributed by atoms with Gasteiger partial charge < -0.3 is 20.5 Å². The van der Waals surface area contributed by atoms with Crippen LogP contribution in [0.5, 0.6) is 11.5 Å². The van der Waals surface area contributed by atoms with Crippen molar-refractivity contribution in [2.45, 2.75) is 6.54 Å². The van der Waals surface area contributed by atoms with Gasteiger partial charge in [0.25, 0.3) is 5.91 Å². The second kappa shape index (κ2) is 6.81. The van der Waals surface area contributed by atoms with Gasteiger partial charge in [0.1, 0.15) is 6.61 Å².